The highest BCUT2D eigenvalue weighted by Gasteiger charge is 2.38. The lowest BCUT2D eigenvalue weighted by Crippen LogP contribution is -2.36. The molecule has 33 heavy (non-hydrogen) atoms. The molecule has 0 radical (unpaired) electrons. The van der Waals surface area contributed by atoms with Crippen LogP contribution in [0.5, 0.6) is 0 Å². The Kier molecular flexibility index (Phi) is 6.28. The Bertz CT molecular complexity index is 1280. The lowest BCUT2D eigenvalue weighted by molar-refractivity contribution is -0.123. The van der Waals surface area contributed by atoms with Crippen LogP contribution in [0.2, 0.25) is 0 Å². The number of carbonyl (C=O) groups excluding carboxylic acids is 1. The largest absolute Gasteiger partial charge is 0.369 e. The van der Waals surface area contributed by atoms with Crippen LogP contribution in [0.1, 0.15) is 37.7 Å². The molecule has 3 aromatic heterocycles. The first-order chi connectivity index (χ1) is 16.1. The molecule has 0 aromatic carbocycles. The Morgan fingerprint density at radius 1 is 1.21 bits per heavy atom. The minimum atomic E-state index is -0.219. The van der Waals surface area contributed by atoms with Gasteiger partial charge in [0.25, 0.3) is 11.5 Å². The van der Waals surface area contributed by atoms with E-state index in [-0.39, 0.29) is 17.5 Å². The zero-order valence-electron chi connectivity index (χ0n) is 18.0. The number of nitrogens with zero attached hydrogens (tertiary/aromatic N) is 5. The molecule has 0 spiro atoms. The Labute approximate surface area is 200 Å². The SMILES string of the molecule is O=C1/C(=C\c2c(NCCCn3ccnc3)nc3ccccn3c2=O)SC(=S)N1C1CCCC1. The van der Waals surface area contributed by atoms with Gasteiger partial charge in [-0.05, 0) is 37.5 Å². The number of thiocarbonyl (C=S) groups is 1. The van der Waals surface area contributed by atoms with Gasteiger partial charge < -0.3 is 9.88 Å². The van der Waals surface area contributed by atoms with Crippen molar-refractivity contribution in [2.24, 2.45) is 0 Å². The Balaban J connectivity index is 1.45. The number of aryl methyl sites for hydroxylation is 1. The summed E-state index contributed by atoms with van der Waals surface area (Å²) in [6.45, 7) is 1.42. The maximum absolute atomic E-state index is 13.3. The first-order valence-electron chi connectivity index (χ1n) is 11.1. The molecule has 2 aliphatic rings. The third-order valence-corrected chi connectivity index (χ3v) is 7.33. The highest BCUT2D eigenvalue weighted by Crippen LogP contribution is 2.38. The summed E-state index contributed by atoms with van der Waals surface area (Å²) < 4.78 is 4.07. The summed E-state index contributed by atoms with van der Waals surface area (Å²) >= 11 is 6.79. The summed E-state index contributed by atoms with van der Waals surface area (Å²) in [5.74, 6) is 0.364. The third-order valence-electron chi connectivity index (χ3n) is 6.00. The van der Waals surface area contributed by atoms with E-state index in [1.54, 1.807) is 41.8 Å². The van der Waals surface area contributed by atoms with Crippen molar-refractivity contribution in [3.05, 3.63) is 63.9 Å². The average Bonchev–Trinajstić information content (AvgIpc) is 3.57. The van der Waals surface area contributed by atoms with Gasteiger partial charge in [0.1, 0.15) is 15.8 Å². The van der Waals surface area contributed by atoms with E-state index in [2.05, 4.69) is 15.3 Å². The van der Waals surface area contributed by atoms with E-state index in [1.807, 2.05) is 16.8 Å². The zero-order chi connectivity index (χ0) is 22.8. The molecule has 1 saturated carbocycles. The van der Waals surface area contributed by atoms with Crippen LogP contribution in [0.25, 0.3) is 11.7 Å². The molecule has 170 valence electrons. The molecule has 2 fully saturated rings. The molecule has 0 atom stereocenters. The number of hydrogen-bond donors (Lipinski definition) is 1. The van der Waals surface area contributed by atoms with Crippen LogP contribution in [0.3, 0.4) is 0 Å². The van der Waals surface area contributed by atoms with Gasteiger partial charge in [-0.1, -0.05) is 42.9 Å². The Morgan fingerprint density at radius 2 is 2.06 bits per heavy atom. The van der Waals surface area contributed by atoms with Gasteiger partial charge in [0.05, 0.1) is 16.8 Å². The number of aromatic nitrogens is 4. The Morgan fingerprint density at radius 3 is 2.85 bits per heavy atom. The van der Waals surface area contributed by atoms with E-state index in [0.29, 0.717) is 32.8 Å². The van der Waals surface area contributed by atoms with Crippen molar-refractivity contribution >= 4 is 51.7 Å². The van der Waals surface area contributed by atoms with Crippen LogP contribution in [0, 0.1) is 0 Å². The second kappa shape index (κ2) is 9.48. The molecule has 8 nitrogen and oxygen atoms in total. The van der Waals surface area contributed by atoms with E-state index in [4.69, 9.17) is 12.2 Å². The first kappa shape index (κ1) is 21.8. The fourth-order valence-electron chi connectivity index (χ4n) is 4.34. The summed E-state index contributed by atoms with van der Waals surface area (Å²) in [6.07, 6.45) is 13.8. The fourth-order valence-corrected chi connectivity index (χ4v) is 5.73. The summed E-state index contributed by atoms with van der Waals surface area (Å²) in [5.41, 5.74) is 0.701. The lowest BCUT2D eigenvalue weighted by atomic mass is 10.2. The van der Waals surface area contributed by atoms with Gasteiger partial charge >= 0.3 is 0 Å². The molecule has 1 aliphatic heterocycles. The highest BCUT2D eigenvalue weighted by molar-refractivity contribution is 8.26. The number of nitrogens with one attached hydrogen (secondary N) is 1. The predicted molar refractivity (Wildman–Crippen MR) is 134 cm³/mol. The third kappa shape index (κ3) is 4.45. The van der Waals surface area contributed by atoms with Crippen LogP contribution < -0.4 is 10.9 Å². The molecule has 1 aliphatic carbocycles. The van der Waals surface area contributed by atoms with Crippen molar-refractivity contribution in [3.8, 4) is 0 Å². The van der Waals surface area contributed by atoms with Gasteiger partial charge in [0.2, 0.25) is 0 Å². The number of rotatable bonds is 7. The quantitative estimate of drug-likeness (QED) is 0.315. The molecule has 1 N–H and O–H groups in total. The van der Waals surface area contributed by atoms with E-state index >= 15 is 0 Å². The number of hydrogen-bond acceptors (Lipinski definition) is 7. The number of imidazole rings is 1. The molecular formula is C23H24N6O2S2. The molecule has 0 unspecified atom stereocenters. The normalized spacial score (nSPS) is 18.2. The minimum absolute atomic E-state index is 0.111. The maximum atomic E-state index is 13.3. The number of anilines is 1. The van der Waals surface area contributed by atoms with Gasteiger partial charge in [0, 0.05) is 37.7 Å². The van der Waals surface area contributed by atoms with Gasteiger partial charge in [-0.15, -0.1) is 0 Å². The summed E-state index contributed by atoms with van der Waals surface area (Å²) in [5, 5.41) is 3.31. The molecule has 1 amide bonds. The number of carbonyl (C=O) groups is 1. The number of pyridine rings is 1. The number of thioether (sulfide) groups is 1. The number of amides is 1. The first-order valence-corrected chi connectivity index (χ1v) is 12.3. The average molecular weight is 481 g/mol. The molecular weight excluding hydrogens is 456 g/mol. The summed E-state index contributed by atoms with van der Waals surface area (Å²) in [4.78, 5) is 37.5. The fraction of sp³-hybridized carbons (Fsp3) is 0.348. The van der Waals surface area contributed by atoms with Crippen molar-refractivity contribution in [1.29, 1.82) is 0 Å². The molecule has 1 saturated heterocycles. The molecule has 3 aromatic rings. The van der Waals surface area contributed by atoms with Crippen molar-refractivity contribution < 1.29 is 4.79 Å². The minimum Gasteiger partial charge on any atom is -0.369 e. The van der Waals surface area contributed by atoms with Crippen LogP contribution in [-0.4, -0.2) is 46.6 Å². The molecule has 10 heteroatoms. The lowest BCUT2D eigenvalue weighted by Gasteiger charge is -2.21. The van der Waals surface area contributed by atoms with Crippen molar-refractivity contribution in [1.82, 2.24) is 23.8 Å². The van der Waals surface area contributed by atoms with Gasteiger partial charge in [-0.2, -0.15) is 0 Å². The molecule has 5 rings (SSSR count). The smallest absolute Gasteiger partial charge is 0.267 e. The van der Waals surface area contributed by atoms with Gasteiger partial charge in [-0.25, -0.2) is 9.97 Å². The summed E-state index contributed by atoms with van der Waals surface area (Å²) in [7, 11) is 0. The Hall–Kier alpha value is -2.98. The molecule has 4 heterocycles. The van der Waals surface area contributed by atoms with E-state index in [1.165, 1.54) is 16.2 Å². The van der Waals surface area contributed by atoms with Crippen LogP contribution in [-0.2, 0) is 11.3 Å². The second-order valence-electron chi connectivity index (χ2n) is 8.18. The van der Waals surface area contributed by atoms with Crippen molar-refractivity contribution in [2.45, 2.75) is 44.7 Å². The van der Waals surface area contributed by atoms with E-state index in [0.717, 1.165) is 38.6 Å². The predicted octanol–water partition coefficient (Wildman–Crippen LogP) is 3.54. The van der Waals surface area contributed by atoms with Crippen molar-refractivity contribution in [3.63, 3.8) is 0 Å². The second-order valence-corrected chi connectivity index (χ2v) is 9.85. The van der Waals surface area contributed by atoms with Crippen molar-refractivity contribution in [2.75, 3.05) is 11.9 Å². The highest BCUT2D eigenvalue weighted by atomic mass is 32.2. The maximum Gasteiger partial charge on any atom is 0.267 e. The van der Waals surface area contributed by atoms with Gasteiger partial charge in [0.15, 0.2) is 0 Å². The van der Waals surface area contributed by atoms with E-state index in [9.17, 15) is 9.59 Å². The standard InChI is InChI=1S/C23H24N6O2S2/c30-21-17(14-18-22(31)29(23(32)33-18)16-6-1-2-7-16)20(26-19-8-3-4-12-28(19)21)25-9-5-11-27-13-10-24-15-27/h3-4,8,10,12-16,25H,1-2,5-7,9,11H2/b18-14+. The van der Waals surface area contributed by atoms with Crippen LogP contribution in [0.15, 0.2) is 52.8 Å². The summed E-state index contributed by atoms with van der Waals surface area (Å²) in [6, 6.07) is 5.59. The van der Waals surface area contributed by atoms with Crippen LogP contribution >= 0.6 is 24.0 Å². The van der Waals surface area contributed by atoms with Gasteiger partial charge in [-0.3, -0.25) is 18.9 Å². The monoisotopic (exact) mass is 480 g/mol. The topological polar surface area (TPSA) is 84.5 Å². The van der Waals surface area contributed by atoms with E-state index < -0.39 is 0 Å². The number of fused-ring (bicyclic) bond motifs is 1. The molecule has 0 bridgehead atoms. The van der Waals surface area contributed by atoms with Crippen LogP contribution in [0.4, 0.5) is 5.82 Å². The zero-order valence-corrected chi connectivity index (χ0v) is 19.6.